The molecule has 0 aliphatic carbocycles. The van der Waals surface area contributed by atoms with Crippen molar-refractivity contribution in [2.75, 3.05) is 7.11 Å². The summed E-state index contributed by atoms with van der Waals surface area (Å²) in [4.78, 5) is 37.2. The molecule has 1 fully saturated rings. The number of halogens is 2. The number of thioether (sulfide) groups is 1. The molecule has 2 aromatic rings. The van der Waals surface area contributed by atoms with Crippen LogP contribution in [0.15, 0.2) is 47.4 Å². The second-order valence-corrected chi connectivity index (χ2v) is 7.82. The zero-order valence-electron chi connectivity index (χ0n) is 15.6. The van der Waals surface area contributed by atoms with E-state index in [1.165, 1.54) is 7.11 Å². The van der Waals surface area contributed by atoms with Crippen molar-refractivity contribution in [3.05, 3.63) is 63.5 Å². The van der Waals surface area contributed by atoms with Crippen LogP contribution in [0, 0.1) is 0 Å². The van der Waals surface area contributed by atoms with Crippen molar-refractivity contribution in [1.29, 1.82) is 0 Å². The van der Waals surface area contributed by atoms with Crippen LogP contribution in [0.1, 0.15) is 11.1 Å². The second kappa shape index (κ2) is 9.99. The van der Waals surface area contributed by atoms with Crippen LogP contribution < -0.4 is 14.9 Å². The number of carbonyl (C=O) groups excluding carboxylic acids is 3. The molecule has 7 nitrogen and oxygen atoms in total. The maximum atomic E-state index is 11.6. The fraction of sp³-hybridized carbons (Fsp3) is 0.150. The predicted octanol–water partition coefficient (Wildman–Crippen LogP) is 4.28. The van der Waals surface area contributed by atoms with Crippen LogP contribution in [-0.2, 0) is 20.7 Å². The van der Waals surface area contributed by atoms with Crippen LogP contribution in [0.25, 0.3) is 6.08 Å². The number of carbonyl (C=O) groups is 3. The van der Waals surface area contributed by atoms with E-state index in [0.29, 0.717) is 33.4 Å². The monoisotopic (exact) mass is 466 g/mol. The third-order valence-corrected chi connectivity index (χ3v) is 5.47. The Balaban J connectivity index is 1.68. The Morgan fingerprint density at radius 1 is 1.23 bits per heavy atom. The van der Waals surface area contributed by atoms with Gasteiger partial charge in [-0.3, -0.25) is 19.7 Å². The average Bonchev–Trinajstić information content (AvgIpc) is 3.05. The van der Waals surface area contributed by atoms with E-state index in [1.54, 1.807) is 48.5 Å². The highest BCUT2D eigenvalue weighted by molar-refractivity contribution is 8.18. The topological polar surface area (TPSA) is 93.7 Å². The Morgan fingerprint density at radius 3 is 2.53 bits per heavy atom. The summed E-state index contributed by atoms with van der Waals surface area (Å²) in [6.45, 7) is 0. The van der Waals surface area contributed by atoms with Gasteiger partial charge in [-0.2, -0.15) is 0 Å². The molecule has 0 spiro atoms. The first kappa shape index (κ1) is 22.2. The predicted molar refractivity (Wildman–Crippen MR) is 116 cm³/mol. The molecule has 156 valence electrons. The summed E-state index contributed by atoms with van der Waals surface area (Å²) in [7, 11) is 1.30. The third kappa shape index (κ3) is 5.54. The molecule has 2 N–H and O–H groups in total. The first-order chi connectivity index (χ1) is 14.4. The molecule has 3 rings (SSSR count). The molecule has 0 saturated carbocycles. The number of rotatable bonds is 7. The summed E-state index contributed by atoms with van der Waals surface area (Å²) >= 11 is 12.7. The molecule has 2 amide bonds. The van der Waals surface area contributed by atoms with Crippen LogP contribution in [0.2, 0.25) is 5.02 Å². The molecule has 1 atom stereocenters. The molecule has 0 aromatic heterocycles. The lowest BCUT2D eigenvalue weighted by Crippen LogP contribution is -2.33. The van der Waals surface area contributed by atoms with Crippen molar-refractivity contribution in [3.8, 4) is 11.5 Å². The Hall–Kier alpha value is -2.52. The van der Waals surface area contributed by atoms with Gasteiger partial charge >= 0.3 is 5.97 Å². The fourth-order valence-electron chi connectivity index (χ4n) is 2.63. The summed E-state index contributed by atoms with van der Waals surface area (Å²) in [6, 6.07) is 11.5. The molecule has 2 aromatic carbocycles. The van der Waals surface area contributed by atoms with Gasteiger partial charge in [0.25, 0.3) is 11.1 Å². The van der Waals surface area contributed by atoms with E-state index < -0.39 is 23.2 Å². The third-order valence-electron chi connectivity index (χ3n) is 4.10. The van der Waals surface area contributed by atoms with E-state index in [9.17, 15) is 14.4 Å². The van der Waals surface area contributed by atoms with E-state index >= 15 is 0 Å². The Labute approximate surface area is 186 Å². The Kier molecular flexibility index (Phi) is 7.38. The highest BCUT2D eigenvalue weighted by atomic mass is 35.5. The van der Waals surface area contributed by atoms with Crippen molar-refractivity contribution in [3.63, 3.8) is 0 Å². The van der Waals surface area contributed by atoms with Crippen molar-refractivity contribution in [2.45, 2.75) is 12.5 Å². The van der Waals surface area contributed by atoms with E-state index in [1.807, 2.05) is 0 Å². The summed E-state index contributed by atoms with van der Waals surface area (Å²) in [5.41, 5.74) is 1.53. The van der Waals surface area contributed by atoms with Crippen LogP contribution in [0.4, 0.5) is 4.79 Å². The normalized spacial score (nSPS) is 15.8. The van der Waals surface area contributed by atoms with E-state index in [0.717, 1.165) is 17.3 Å². The summed E-state index contributed by atoms with van der Waals surface area (Å²) in [5, 5.41) is 2.14. The molecule has 1 heterocycles. The minimum absolute atomic E-state index is 0.303. The second-order valence-electron chi connectivity index (χ2n) is 6.18. The van der Waals surface area contributed by atoms with Crippen molar-refractivity contribution >= 4 is 58.3 Å². The average molecular weight is 467 g/mol. The van der Waals surface area contributed by atoms with Gasteiger partial charge in [-0.1, -0.05) is 29.8 Å². The van der Waals surface area contributed by atoms with Gasteiger partial charge < -0.3 is 9.47 Å². The first-order valence-electron chi connectivity index (χ1n) is 8.65. The van der Waals surface area contributed by atoms with Gasteiger partial charge in [0.15, 0.2) is 0 Å². The van der Waals surface area contributed by atoms with Crippen molar-refractivity contribution in [2.24, 2.45) is 0 Å². The Bertz CT molecular complexity index is 1010. The molecular weight excluding hydrogens is 451 g/mol. The lowest BCUT2D eigenvalue weighted by molar-refractivity contribution is -0.142. The van der Waals surface area contributed by atoms with E-state index in [2.05, 4.69) is 14.9 Å². The number of methoxy groups -OCH3 is 1. The van der Waals surface area contributed by atoms with Crippen LogP contribution >= 0.6 is 35.1 Å². The summed E-state index contributed by atoms with van der Waals surface area (Å²) in [6.07, 6.45) is 1.94. The Morgan fingerprint density at radius 2 is 1.97 bits per heavy atom. The molecule has 0 bridgehead atoms. The SMILES string of the molecule is COC(=O)[C@H](Cc1ccc(Oc2ccc(/C=C3\SC(=O)NC3=O)cc2Cl)cc1)NCl. The lowest BCUT2D eigenvalue weighted by atomic mass is 10.1. The highest BCUT2D eigenvalue weighted by Crippen LogP contribution is 2.32. The maximum Gasteiger partial charge on any atom is 0.324 e. The number of hydrogen-bond acceptors (Lipinski definition) is 7. The van der Waals surface area contributed by atoms with Gasteiger partial charge in [0.1, 0.15) is 17.5 Å². The number of imide groups is 1. The zero-order valence-corrected chi connectivity index (χ0v) is 17.9. The van der Waals surface area contributed by atoms with Gasteiger partial charge in [-0.05, 0) is 71.4 Å². The highest BCUT2D eigenvalue weighted by Gasteiger charge is 2.25. The molecule has 1 saturated heterocycles. The molecule has 30 heavy (non-hydrogen) atoms. The maximum absolute atomic E-state index is 11.6. The van der Waals surface area contributed by atoms with Gasteiger partial charge in [-0.15, -0.1) is 0 Å². The van der Waals surface area contributed by atoms with Crippen LogP contribution in [0.3, 0.4) is 0 Å². The number of benzene rings is 2. The number of ether oxygens (including phenoxy) is 2. The van der Waals surface area contributed by atoms with E-state index in [-0.39, 0.29) is 0 Å². The molecule has 0 radical (unpaired) electrons. The quantitative estimate of drug-likeness (QED) is 0.357. The first-order valence-corrected chi connectivity index (χ1v) is 10.2. The van der Waals surface area contributed by atoms with Crippen LogP contribution in [0.5, 0.6) is 11.5 Å². The van der Waals surface area contributed by atoms with Crippen LogP contribution in [-0.4, -0.2) is 30.3 Å². The lowest BCUT2D eigenvalue weighted by Gasteiger charge is -2.13. The number of nitrogens with one attached hydrogen (secondary N) is 2. The summed E-state index contributed by atoms with van der Waals surface area (Å²) < 4.78 is 10.5. The van der Waals surface area contributed by atoms with Crippen molar-refractivity contribution in [1.82, 2.24) is 10.2 Å². The molecule has 10 heteroatoms. The standard InChI is InChI=1S/C20H16Cl2N2O5S/c1-28-19(26)15(24-22)9-11-2-5-13(6-3-11)29-16-7-4-12(8-14(16)21)10-17-18(25)23-20(27)30-17/h2-8,10,15,24H,9H2,1H3,(H,23,25,27)/b17-10-/t15-/m0/s1. The summed E-state index contributed by atoms with van der Waals surface area (Å²) in [5.74, 6) is 0.0999. The van der Waals surface area contributed by atoms with Gasteiger partial charge in [0, 0.05) is 0 Å². The zero-order chi connectivity index (χ0) is 21.7. The largest absolute Gasteiger partial charge is 0.468 e. The molecule has 0 unspecified atom stereocenters. The smallest absolute Gasteiger partial charge is 0.324 e. The number of amides is 2. The van der Waals surface area contributed by atoms with Gasteiger partial charge in [-0.25, -0.2) is 4.84 Å². The fourth-order valence-corrected chi connectivity index (χ4v) is 3.70. The van der Waals surface area contributed by atoms with E-state index in [4.69, 9.17) is 28.1 Å². The van der Waals surface area contributed by atoms with Gasteiger partial charge in [0.05, 0.1) is 17.0 Å². The number of esters is 1. The molecular formula is C20H16Cl2N2O5S. The van der Waals surface area contributed by atoms with Crippen molar-refractivity contribution < 1.29 is 23.9 Å². The number of hydrogen-bond donors (Lipinski definition) is 2. The minimum Gasteiger partial charge on any atom is -0.468 e. The van der Waals surface area contributed by atoms with Gasteiger partial charge in [0.2, 0.25) is 0 Å². The molecule has 1 aliphatic heterocycles. The minimum atomic E-state index is -0.657. The molecule has 1 aliphatic rings.